The summed E-state index contributed by atoms with van der Waals surface area (Å²) < 4.78 is 5.10. The maximum Gasteiger partial charge on any atom is 0.412 e. The highest BCUT2D eigenvalue weighted by Crippen LogP contribution is 2.23. The molecular weight excluding hydrogens is 228 g/mol. The van der Waals surface area contributed by atoms with Crippen LogP contribution in [0.5, 0.6) is 5.75 Å². The van der Waals surface area contributed by atoms with Gasteiger partial charge in [-0.15, -0.1) is 0 Å². The maximum absolute atomic E-state index is 11.5. The standard InChI is InChI=1S/C11H13ClN2O2/c12-9-3-1-2-4-10(9)16-11(15)14-8-5-6-13-7-8/h1-4,8,13H,5-7H2,(H,14,15). The summed E-state index contributed by atoms with van der Waals surface area (Å²) in [5, 5.41) is 6.36. The van der Waals surface area contributed by atoms with Gasteiger partial charge in [-0.05, 0) is 25.1 Å². The highest BCUT2D eigenvalue weighted by Gasteiger charge is 2.17. The molecule has 1 heterocycles. The predicted octanol–water partition coefficient (Wildman–Crippen LogP) is 1.79. The van der Waals surface area contributed by atoms with Gasteiger partial charge in [0.2, 0.25) is 0 Å². The average molecular weight is 241 g/mol. The molecule has 1 atom stereocenters. The first-order valence-corrected chi connectivity index (χ1v) is 5.57. The number of rotatable bonds is 2. The fourth-order valence-electron chi connectivity index (χ4n) is 1.60. The maximum atomic E-state index is 11.5. The molecule has 2 N–H and O–H groups in total. The van der Waals surface area contributed by atoms with Crippen LogP contribution >= 0.6 is 11.6 Å². The van der Waals surface area contributed by atoms with Crippen LogP contribution in [0.4, 0.5) is 4.79 Å². The van der Waals surface area contributed by atoms with Crippen LogP contribution in [0.15, 0.2) is 24.3 Å². The number of hydrogen-bond acceptors (Lipinski definition) is 3. The van der Waals surface area contributed by atoms with Gasteiger partial charge in [0, 0.05) is 12.6 Å². The molecule has 1 amide bonds. The second-order valence-corrected chi connectivity index (χ2v) is 4.06. The van der Waals surface area contributed by atoms with Crippen molar-refractivity contribution in [2.45, 2.75) is 12.5 Å². The number of carbonyl (C=O) groups is 1. The Kier molecular flexibility index (Phi) is 3.64. The van der Waals surface area contributed by atoms with Crippen molar-refractivity contribution in [3.63, 3.8) is 0 Å². The first kappa shape index (κ1) is 11.2. The Morgan fingerprint density at radius 2 is 2.31 bits per heavy atom. The van der Waals surface area contributed by atoms with Gasteiger partial charge in [0.05, 0.1) is 5.02 Å². The molecule has 0 saturated carbocycles. The van der Waals surface area contributed by atoms with Crippen LogP contribution in [0, 0.1) is 0 Å². The Bertz CT molecular complexity index is 378. The van der Waals surface area contributed by atoms with Crippen LogP contribution in [0.1, 0.15) is 6.42 Å². The number of amides is 1. The van der Waals surface area contributed by atoms with E-state index in [4.69, 9.17) is 16.3 Å². The molecular formula is C11H13ClN2O2. The minimum atomic E-state index is -0.457. The molecule has 86 valence electrons. The summed E-state index contributed by atoms with van der Waals surface area (Å²) in [6, 6.07) is 7.05. The van der Waals surface area contributed by atoms with Crippen LogP contribution in [-0.4, -0.2) is 25.2 Å². The molecule has 0 aromatic heterocycles. The summed E-state index contributed by atoms with van der Waals surface area (Å²) >= 11 is 5.87. The minimum Gasteiger partial charge on any atom is -0.409 e. The fourth-order valence-corrected chi connectivity index (χ4v) is 1.78. The Morgan fingerprint density at radius 3 is 3.00 bits per heavy atom. The lowest BCUT2D eigenvalue weighted by atomic mass is 10.3. The zero-order valence-electron chi connectivity index (χ0n) is 8.70. The summed E-state index contributed by atoms with van der Waals surface area (Å²) in [4.78, 5) is 11.5. The van der Waals surface area contributed by atoms with E-state index in [0.717, 1.165) is 19.5 Å². The lowest BCUT2D eigenvalue weighted by Gasteiger charge is -2.11. The summed E-state index contributed by atoms with van der Waals surface area (Å²) in [7, 11) is 0. The van der Waals surface area contributed by atoms with E-state index in [0.29, 0.717) is 10.8 Å². The molecule has 0 aliphatic carbocycles. The quantitative estimate of drug-likeness (QED) is 0.829. The van der Waals surface area contributed by atoms with Crippen molar-refractivity contribution in [2.24, 2.45) is 0 Å². The Labute approximate surface area is 98.9 Å². The lowest BCUT2D eigenvalue weighted by Crippen LogP contribution is -2.38. The second-order valence-electron chi connectivity index (χ2n) is 3.65. The van der Waals surface area contributed by atoms with Crippen molar-refractivity contribution < 1.29 is 9.53 Å². The average Bonchev–Trinajstić information content (AvgIpc) is 2.74. The zero-order chi connectivity index (χ0) is 11.4. The number of halogens is 1. The number of carbonyl (C=O) groups excluding carboxylic acids is 1. The number of benzene rings is 1. The Morgan fingerprint density at radius 1 is 1.50 bits per heavy atom. The molecule has 1 aromatic carbocycles. The van der Waals surface area contributed by atoms with Crippen LogP contribution < -0.4 is 15.4 Å². The number of ether oxygens (including phenoxy) is 1. The molecule has 1 fully saturated rings. The van der Waals surface area contributed by atoms with Gasteiger partial charge >= 0.3 is 6.09 Å². The van der Waals surface area contributed by atoms with E-state index in [-0.39, 0.29) is 6.04 Å². The molecule has 0 radical (unpaired) electrons. The van der Waals surface area contributed by atoms with Gasteiger partial charge in [-0.25, -0.2) is 4.79 Å². The summed E-state index contributed by atoms with van der Waals surface area (Å²) in [5.41, 5.74) is 0. The SMILES string of the molecule is O=C(NC1CCNC1)Oc1ccccc1Cl. The Hall–Kier alpha value is -1.26. The third-order valence-electron chi connectivity index (χ3n) is 2.42. The molecule has 0 bridgehead atoms. The molecule has 1 unspecified atom stereocenters. The molecule has 1 aliphatic rings. The topological polar surface area (TPSA) is 50.4 Å². The summed E-state index contributed by atoms with van der Waals surface area (Å²) in [6.07, 6.45) is 0.472. The molecule has 5 heteroatoms. The molecule has 0 spiro atoms. The van der Waals surface area contributed by atoms with Gasteiger partial charge in [-0.3, -0.25) is 0 Å². The Balaban J connectivity index is 1.89. The summed E-state index contributed by atoms with van der Waals surface area (Å²) in [5.74, 6) is 0.382. The van der Waals surface area contributed by atoms with E-state index in [1.165, 1.54) is 0 Å². The molecule has 1 aliphatic heterocycles. The van der Waals surface area contributed by atoms with E-state index < -0.39 is 6.09 Å². The van der Waals surface area contributed by atoms with Gasteiger partial charge in [-0.1, -0.05) is 23.7 Å². The minimum absolute atomic E-state index is 0.148. The normalized spacial score (nSPS) is 19.4. The van der Waals surface area contributed by atoms with E-state index in [2.05, 4.69) is 10.6 Å². The molecule has 4 nitrogen and oxygen atoms in total. The van der Waals surface area contributed by atoms with Crippen molar-refractivity contribution in [1.29, 1.82) is 0 Å². The fraction of sp³-hybridized carbons (Fsp3) is 0.364. The second kappa shape index (κ2) is 5.18. The summed E-state index contributed by atoms with van der Waals surface area (Å²) in [6.45, 7) is 1.72. The number of para-hydroxylation sites is 1. The lowest BCUT2D eigenvalue weighted by molar-refractivity contribution is 0.197. The van der Waals surface area contributed by atoms with Gasteiger partial charge in [0.15, 0.2) is 5.75 Å². The van der Waals surface area contributed by atoms with Crippen molar-refractivity contribution in [3.8, 4) is 5.75 Å². The van der Waals surface area contributed by atoms with Crippen LogP contribution in [0.25, 0.3) is 0 Å². The number of hydrogen-bond donors (Lipinski definition) is 2. The third kappa shape index (κ3) is 2.87. The van der Waals surface area contributed by atoms with Gasteiger partial charge < -0.3 is 15.4 Å². The van der Waals surface area contributed by atoms with Crippen molar-refractivity contribution in [3.05, 3.63) is 29.3 Å². The zero-order valence-corrected chi connectivity index (χ0v) is 9.46. The number of nitrogens with one attached hydrogen (secondary N) is 2. The van der Waals surface area contributed by atoms with E-state index >= 15 is 0 Å². The largest absolute Gasteiger partial charge is 0.412 e. The monoisotopic (exact) mass is 240 g/mol. The van der Waals surface area contributed by atoms with E-state index in [1.807, 2.05) is 0 Å². The molecule has 1 saturated heterocycles. The highest BCUT2D eigenvalue weighted by atomic mass is 35.5. The predicted molar refractivity (Wildman–Crippen MR) is 61.9 cm³/mol. The van der Waals surface area contributed by atoms with Crippen molar-refractivity contribution in [2.75, 3.05) is 13.1 Å². The van der Waals surface area contributed by atoms with Gasteiger partial charge in [0.1, 0.15) is 0 Å². The first-order valence-electron chi connectivity index (χ1n) is 5.19. The van der Waals surface area contributed by atoms with Crippen LogP contribution in [-0.2, 0) is 0 Å². The highest BCUT2D eigenvalue weighted by molar-refractivity contribution is 6.32. The van der Waals surface area contributed by atoms with E-state index in [1.54, 1.807) is 24.3 Å². The molecule has 1 aromatic rings. The van der Waals surface area contributed by atoms with Crippen molar-refractivity contribution >= 4 is 17.7 Å². The van der Waals surface area contributed by atoms with Gasteiger partial charge in [-0.2, -0.15) is 0 Å². The van der Waals surface area contributed by atoms with Crippen LogP contribution in [0.2, 0.25) is 5.02 Å². The van der Waals surface area contributed by atoms with Crippen LogP contribution in [0.3, 0.4) is 0 Å². The third-order valence-corrected chi connectivity index (χ3v) is 2.73. The van der Waals surface area contributed by atoms with Gasteiger partial charge in [0.25, 0.3) is 0 Å². The first-order chi connectivity index (χ1) is 7.75. The van der Waals surface area contributed by atoms with E-state index in [9.17, 15) is 4.79 Å². The smallest absolute Gasteiger partial charge is 0.409 e. The van der Waals surface area contributed by atoms with Crippen molar-refractivity contribution in [1.82, 2.24) is 10.6 Å². The molecule has 2 rings (SSSR count). The molecule has 16 heavy (non-hydrogen) atoms.